The predicted octanol–water partition coefficient (Wildman–Crippen LogP) is 5.41. The predicted molar refractivity (Wildman–Crippen MR) is 101 cm³/mol. The highest BCUT2D eigenvalue weighted by Crippen LogP contribution is 2.39. The minimum Gasteiger partial charge on any atom is -0.476 e. The van der Waals surface area contributed by atoms with Gasteiger partial charge in [0.1, 0.15) is 0 Å². The van der Waals surface area contributed by atoms with Crippen molar-refractivity contribution in [3.8, 4) is 16.9 Å². The monoisotopic (exact) mass is 436 g/mol. The van der Waals surface area contributed by atoms with Crippen LogP contribution in [0.25, 0.3) is 16.9 Å². The highest BCUT2D eigenvalue weighted by molar-refractivity contribution is 9.10. The standard InChI is InChI=1S/C18H11BrCl2N2O2/c19-10-3-1-9-2-4-14-16(18(24)25)22-23(17(14)15(9)5-10)13-7-11(20)6-12(21)8-13/h1,3,5-8H,2,4H2,(H,24,25). The van der Waals surface area contributed by atoms with E-state index in [1.165, 1.54) is 0 Å². The highest BCUT2D eigenvalue weighted by atomic mass is 79.9. The number of hydrogen-bond acceptors (Lipinski definition) is 2. The van der Waals surface area contributed by atoms with E-state index in [1.54, 1.807) is 22.9 Å². The summed E-state index contributed by atoms with van der Waals surface area (Å²) in [4.78, 5) is 11.7. The van der Waals surface area contributed by atoms with E-state index in [0.717, 1.165) is 33.3 Å². The van der Waals surface area contributed by atoms with Crippen molar-refractivity contribution in [3.63, 3.8) is 0 Å². The molecule has 0 bridgehead atoms. The summed E-state index contributed by atoms with van der Waals surface area (Å²) in [5, 5.41) is 14.9. The van der Waals surface area contributed by atoms with Crippen LogP contribution in [-0.2, 0) is 12.8 Å². The fourth-order valence-corrected chi connectivity index (χ4v) is 4.11. The van der Waals surface area contributed by atoms with E-state index in [2.05, 4.69) is 21.0 Å². The van der Waals surface area contributed by atoms with Gasteiger partial charge < -0.3 is 5.11 Å². The van der Waals surface area contributed by atoms with Gasteiger partial charge in [-0.1, -0.05) is 45.2 Å². The Morgan fingerprint density at radius 1 is 1.12 bits per heavy atom. The van der Waals surface area contributed by atoms with Crippen molar-refractivity contribution >= 4 is 45.1 Å². The fourth-order valence-electron chi connectivity index (χ4n) is 3.23. The molecular formula is C18H11BrCl2N2O2. The second-order valence-electron chi connectivity index (χ2n) is 5.82. The Hall–Kier alpha value is -1.82. The van der Waals surface area contributed by atoms with E-state index in [9.17, 15) is 9.90 Å². The molecule has 0 unspecified atom stereocenters. The molecule has 1 N–H and O–H groups in total. The van der Waals surface area contributed by atoms with Crippen molar-refractivity contribution in [1.29, 1.82) is 0 Å². The molecule has 25 heavy (non-hydrogen) atoms. The molecule has 1 aromatic heterocycles. The number of aromatic carboxylic acids is 1. The van der Waals surface area contributed by atoms with E-state index in [-0.39, 0.29) is 5.69 Å². The van der Waals surface area contributed by atoms with Crippen LogP contribution in [-0.4, -0.2) is 20.9 Å². The van der Waals surface area contributed by atoms with Gasteiger partial charge in [0.15, 0.2) is 5.69 Å². The van der Waals surface area contributed by atoms with Crippen molar-refractivity contribution in [2.75, 3.05) is 0 Å². The first-order valence-electron chi connectivity index (χ1n) is 7.54. The molecule has 1 heterocycles. The summed E-state index contributed by atoms with van der Waals surface area (Å²) in [6.45, 7) is 0. The molecule has 3 aromatic rings. The summed E-state index contributed by atoms with van der Waals surface area (Å²) < 4.78 is 2.55. The lowest BCUT2D eigenvalue weighted by Gasteiger charge is -2.19. The molecule has 0 amide bonds. The third-order valence-electron chi connectivity index (χ3n) is 4.25. The van der Waals surface area contributed by atoms with Gasteiger partial charge >= 0.3 is 5.97 Å². The lowest BCUT2D eigenvalue weighted by Crippen LogP contribution is -2.08. The maximum absolute atomic E-state index is 11.7. The van der Waals surface area contributed by atoms with Gasteiger partial charge in [-0.3, -0.25) is 0 Å². The van der Waals surface area contributed by atoms with Crippen molar-refractivity contribution in [2.24, 2.45) is 0 Å². The molecule has 0 saturated heterocycles. The first kappa shape index (κ1) is 16.6. The van der Waals surface area contributed by atoms with E-state index < -0.39 is 5.97 Å². The van der Waals surface area contributed by atoms with Crippen molar-refractivity contribution in [2.45, 2.75) is 12.8 Å². The smallest absolute Gasteiger partial charge is 0.356 e. The zero-order chi connectivity index (χ0) is 17.7. The SMILES string of the molecule is O=C(O)c1nn(-c2cc(Cl)cc(Cl)c2)c2c1CCc1ccc(Br)cc1-2. The lowest BCUT2D eigenvalue weighted by molar-refractivity contribution is 0.0689. The topological polar surface area (TPSA) is 55.1 Å². The first-order valence-corrected chi connectivity index (χ1v) is 9.09. The number of carbonyl (C=O) groups is 1. The molecule has 4 rings (SSSR count). The quantitative estimate of drug-likeness (QED) is 0.583. The second kappa shape index (κ2) is 6.16. The third kappa shape index (κ3) is 2.86. The average molecular weight is 438 g/mol. The van der Waals surface area contributed by atoms with Crippen LogP contribution in [0.5, 0.6) is 0 Å². The molecule has 2 aromatic carbocycles. The van der Waals surface area contributed by atoms with Crippen LogP contribution in [0.1, 0.15) is 21.6 Å². The number of hydrogen-bond donors (Lipinski definition) is 1. The molecule has 126 valence electrons. The minimum atomic E-state index is -1.04. The number of aryl methyl sites for hydroxylation is 1. The Kier molecular flexibility index (Phi) is 4.10. The Labute approximate surface area is 162 Å². The fraction of sp³-hybridized carbons (Fsp3) is 0.111. The van der Waals surface area contributed by atoms with Crippen LogP contribution in [0.3, 0.4) is 0 Å². The van der Waals surface area contributed by atoms with Gasteiger partial charge in [0.2, 0.25) is 0 Å². The highest BCUT2D eigenvalue weighted by Gasteiger charge is 2.29. The van der Waals surface area contributed by atoms with Crippen LogP contribution in [0, 0.1) is 0 Å². The van der Waals surface area contributed by atoms with Crippen LogP contribution < -0.4 is 0 Å². The lowest BCUT2D eigenvalue weighted by atomic mass is 9.89. The van der Waals surface area contributed by atoms with Gasteiger partial charge in [0.25, 0.3) is 0 Å². The van der Waals surface area contributed by atoms with Gasteiger partial charge in [-0.15, -0.1) is 0 Å². The number of rotatable bonds is 2. The summed E-state index contributed by atoms with van der Waals surface area (Å²) in [6.07, 6.45) is 1.40. The number of carboxylic acid groups (broad SMARTS) is 1. The van der Waals surface area contributed by atoms with Gasteiger partial charge in [-0.2, -0.15) is 5.10 Å². The summed E-state index contributed by atoms with van der Waals surface area (Å²) in [5.41, 5.74) is 4.33. The molecule has 4 nitrogen and oxygen atoms in total. The number of aromatic nitrogens is 2. The number of carboxylic acids is 1. The van der Waals surface area contributed by atoms with Gasteiger partial charge in [0, 0.05) is 25.6 Å². The van der Waals surface area contributed by atoms with Crippen molar-refractivity contribution < 1.29 is 9.90 Å². The number of nitrogens with zero attached hydrogens (tertiary/aromatic N) is 2. The Bertz CT molecular complexity index is 1010. The van der Waals surface area contributed by atoms with Gasteiger partial charge in [-0.05, 0) is 48.7 Å². The molecule has 0 atom stereocenters. The third-order valence-corrected chi connectivity index (χ3v) is 5.18. The van der Waals surface area contributed by atoms with Gasteiger partial charge in [-0.25, -0.2) is 9.48 Å². The Morgan fingerprint density at radius 3 is 2.52 bits per heavy atom. The molecule has 0 saturated carbocycles. The van der Waals surface area contributed by atoms with Crippen LogP contribution in [0.2, 0.25) is 10.0 Å². The molecule has 1 aliphatic rings. The summed E-state index contributed by atoms with van der Waals surface area (Å²) >= 11 is 15.8. The maximum atomic E-state index is 11.7. The maximum Gasteiger partial charge on any atom is 0.356 e. The zero-order valence-corrected chi connectivity index (χ0v) is 15.9. The van der Waals surface area contributed by atoms with Crippen LogP contribution >= 0.6 is 39.1 Å². The number of halogens is 3. The number of fused-ring (bicyclic) bond motifs is 3. The molecule has 0 fully saturated rings. The van der Waals surface area contributed by atoms with Crippen molar-refractivity contribution in [3.05, 3.63) is 67.7 Å². The first-order chi connectivity index (χ1) is 11.9. The minimum absolute atomic E-state index is 0.0664. The average Bonchev–Trinajstić information content (AvgIpc) is 2.94. The van der Waals surface area contributed by atoms with E-state index >= 15 is 0 Å². The van der Waals surface area contributed by atoms with Crippen molar-refractivity contribution in [1.82, 2.24) is 9.78 Å². The van der Waals surface area contributed by atoms with E-state index in [1.807, 2.05) is 18.2 Å². The van der Waals surface area contributed by atoms with E-state index in [0.29, 0.717) is 22.2 Å². The van der Waals surface area contributed by atoms with E-state index in [4.69, 9.17) is 23.2 Å². The van der Waals surface area contributed by atoms with Gasteiger partial charge in [0.05, 0.1) is 11.4 Å². The summed E-state index contributed by atoms with van der Waals surface area (Å²) in [7, 11) is 0. The van der Waals surface area contributed by atoms with Crippen LogP contribution in [0.15, 0.2) is 40.9 Å². The molecule has 7 heteroatoms. The summed E-state index contributed by atoms with van der Waals surface area (Å²) in [6, 6.07) is 11.1. The molecular weight excluding hydrogens is 427 g/mol. The summed E-state index contributed by atoms with van der Waals surface area (Å²) in [5.74, 6) is -1.04. The molecule has 0 radical (unpaired) electrons. The normalized spacial score (nSPS) is 12.6. The Morgan fingerprint density at radius 2 is 1.84 bits per heavy atom. The molecule has 0 spiro atoms. The number of benzene rings is 2. The second-order valence-corrected chi connectivity index (χ2v) is 7.61. The molecule has 1 aliphatic carbocycles. The largest absolute Gasteiger partial charge is 0.476 e. The molecule has 0 aliphatic heterocycles. The Balaban J connectivity index is 2.05. The zero-order valence-electron chi connectivity index (χ0n) is 12.8. The van der Waals surface area contributed by atoms with Crippen LogP contribution in [0.4, 0.5) is 0 Å².